The number of nitrogens with one attached hydrogen (secondary N) is 1. The van der Waals surface area contributed by atoms with Crippen LogP contribution in [0.4, 0.5) is 5.69 Å². The van der Waals surface area contributed by atoms with Gasteiger partial charge in [0.05, 0.1) is 5.69 Å². The van der Waals surface area contributed by atoms with Crippen molar-refractivity contribution in [3.8, 4) is 0 Å². The fourth-order valence-electron chi connectivity index (χ4n) is 1.46. The summed E-state index contributed by atoms with van der Waals surface area (Å²) in [7, 11) is 0. The van der Waals surface area contributed by atoms with E-state index in [1.165, 1.54) is 0 Å². The van der Waals surface area contributed by atoms with E-state index in [2.05, 4.69) is 5.43 Å². The van der Waals surface area contributed by atoms with Gasteiger partial charge < -0.3 is 4.79 Å². The number of benzene rings is 1. The summed E-state index contributed by atoms with van der Waals surface area (Å²) >= 11 is 6.04. The Morgan fingerprint density at radius 3 is 2.60 bits per heavy atom. The minimum Gasteiger partial charge on any atom is -0.301 e. The number of hydrazine groups is 1. The van der Waals surface area contributed by atoms with Gasteiger partial charge in [-0.05, 0) is 25.1 Å². The van der Waals surface area contributed by atoms with Gasteiger partial charge in [0.25, 0.3) is 0 Å². The zero-order chi connectivity index (χ0) is 10.9. The SMILES string of the molecule is CC1(C=O)C=C(Cl)N(c2ccccc2)N1. The number of nitrogens with zero attached hydrogens (tertiary/aromatic N) is 1. The summed E-state index contributed by atoms with van der Waals surface area (Å²) in [6.45, 7) is 1.77. The second-order valence-corrected chi connectivity index (χ2v) is 4.04. The van der Waals surface area contributed by atoms with Crippen molar-refractivity contribution >= 4 is 23.6 Å². The Kier molecular flexibility index (Phi) is 2.50. The molecule has 1 unspecified atom stereocenters. The van der Waals surface area contributed by atoms with Gasteiger partial charge in [-0.3, -0.25) is 5.01 Å². The molecule has 0 spiro atoms. The lowest BCUT2D eigenvalue weighted by Crippen LogP contribution is -2.46. The highest BCUT2D eigenvalue weighted by Crippen LogP contribution is 2.27. The Labute approximate surface area is 93.3 Å². The van der Waals surface area contributed by atoms with Crippen LogP contribution in [0.15, 0.2) is 41.6 Å². The van der Waals surface area contributed by atoms with Crippen LogP contribution in [0.2, 0.25) is 0 Å². The molecule has 0 aliphatic carbocycles. The average molecular weight is 223 g/mol. The highest BCUT2D eigenvalue weighted by molar-refractivity contribution is 6.31. The first-order valence-electron chi connectivity index (χ1n) is 4.62. The van der Waals surface area contributed by atoms with Crippen LogP contribution < -0.4 is 10.4 Å². The smallest absolute Gasteiger partial charge is 0.145 e. The van der Waals surface area contributed by atoms with E-state index in [1.54, 1.807) is 18.0 Å². The predicted molar refractivity (Wildman–Crippen MR) is 60.5 cm³/mol. The highest BCUT2D eigenvalue weighted by atomic mass is 35.5. The topological polar surface area (TPSA) is 32.3 Å². The van der Waals surface area contributed by atoms with Gasteiger partial charge in [-0.1, -0.05) is 29.8 Å². The number of para-hydroxylation sites is 1. The number of anilines is 1. The van der Waals surface area contributed by atoms with Gasteiger partial charge in [0.2, 0.25) is 0 Å². The third-order valence-electron chi connectivity index (χ3n) is 2.24. The maximum atomic E-state index is 10.9. The lowest BCUT2D eigenvalue weighted by atomic mass is 10.1. The molecule has 0 saturated heterocycles. The third-order valence-corrected chi connectivity index (χ3v) is 2.52. The van der Waals surface area contributed by atoms with Crippen molar-refractivity contribution in [3.05, 3.63) is 41.6 Å². The molecule has 0 saturated carbocycles. The molecule has 78 valence electrons. The number of carbonyl (C=O) groups excluding carboxylic acids is 1. The molecule has 15 heavy (non-hydrogen) atoms. The van der Waals surface area contributed by atoms with Gasteiger partial charge >= 0.3 is 0 Å². The standard InChI is InChI=1S/C11H11ClN2O/c1-11(8-15)7-10(12)14(13-11)9-5-3-2-4-6-9/h2-8,13H,1H3. The largest absolute Gasteiger partial charge is 0.301 e. The van der Waals surface area contributed by atoms with E-state index in [4.69, 9.17) is 11.6 Å². The molecule has 0 amide bonds. The summed E-state index contributed by atoms with van der Waals surface area (Å²) in [6, 6.07) is 9.59. The van der Waals surface area contributed by atoms with Gasteiger partial charge in [-0.2, -0.15) is 0 Å². The van der Waals surface area contributed by atoms with Gasteiger partial charge in [0.1, 0.15) is 17.0 Å². The van der Waals surface area contributed by atoms with E-state index in [0.29, 0.717) is 5.16 Å². The van der Waals surface area contributed by atoms with Crippen molar-refractivity contribution in [1.29, 1.82) is 0 Å². The van der Waals surface area contributed by atoms with Crippen LogP contribution in [0.1, 0.15) is 6.92 Å². The summed E-state index contributed by atoms with van der Waals surface area (Å²) < 4.78 is 0. The van der Waals surface area contributed by atoms with E-state index in [0.717, 1.165) is 12.0 Å². The molecule has 1 aromatic rings. The molecule has 0 bridgehead atoms. The maximum absolute atomic E-state index is 10.9. The van der Waals surface area contributed by atoms with Gasteiger partial charge in [-0.15, -0.1) is 0 Å². The second-order valence-electron chi connectivity index (χ2n) is 3.65. The van der Waals surface area contributed by atoms with Crippen molar-refractivity contribution in [3.63, 3.8) is 0 Å². The number of carbonyl (C=O) groups is 1. The molecular formula is C11H11ClN2O. The molecule has 2 rings (SSSR count). The van der Waals surface area contributed by atoms with E-state index < -0.39 is 5.54 Å². The van der Waals surface area contributed by atoms with Crippen molar-refractivity contribution in [2.75, 3.05) is 5.01 Å². The fraction of sp³-hybridized carbons (Fsp3) is 0.182. The normalized spacial score (nSPS) is 25.2. The summed E-state index contributed by atoms with van der Waals surface area (Å²) in [5, 5.41) is 2.20. The first-order valence-corrected chi connectivity index (χ1v) is 5.00. The molecule has 0 fully saturated rings. The predicted octanol–water partition coefficient (Wildman–Crippen LogP) is 2.05. The first kappa shape index (κ1) is 10.2. The molecule has 1 N–H and O–H groups in total. The summed E-state index contributed by atoms with van der Waals surface area (Å²) in [5.41, 5.74) is 3.22. The second kappa shape index (κ2) is 3.68. The lowest BCUT2D eigenvalue weighted by Gasteiger charge is -2.23. The van der Waals surface area contributed by atoms with Crippen molar-refractivity contribution in [1.82, 2.24) is 5.43 Å². The Hall–Kier alpha value is -1.32. The number of hydrogen-bond donors (Lipinski definition) is 1. The molecule has 3 nitrogen and oxygen atoms in total. The number of hydrogen-bond acceptors (Lipinski definition) is 3. The van der Waals surface area contributed by atoms with Crippen LogP contribution in [0, 0.1) is 0 Å². The minimum atomic E-state index is -0.715. The minimum absolute atomic E-state index is 0.510. The number of aldehydes is 1. The third kappa shape index (κ3) is 1.89. The average Bonchev–Trinajstić information content (AvgIpc) is 2.57. The molecular weight excluding hydrogens is 212 g/mol. The molecule has 1 heterocycles. The van der Waals surface area contributed by atoms with E-state index in [9.17, 15) is 4.79 Å². The lowest BCUT2D eigenvalue weighted by molar-refractivity contribution is -0.111. The molecule has 1 aliphatic heterocycles. The van der Waals surface area contributed by atoms with Crippen LogP contribution in [0.3, 0.4) is 0 Å². The van der Waals surface area contributed by atoms with Crippen LogP contribution in [-0.2, 0) is 4.79 Å². The van der Waals surface area contributed by atoms with Crippen LogP contribution in [-0.4, -0.2) is 11.8 Å². The highest BCUT2D eigenvalue weighted by Gasteiger charge is 2.32. The summed E-state index contributed by atoms with van der Waals surface area (Å²) in [5.74, 6) is 0. The fourth-order valence-corrected chi connectivity index (χ4v) is 1.83. The van der Waals surface area contributed by atoms with Gasteiger partial charge in [0, 0.05) is 0 Å². The Morgan fingerprint density at radius 1 is 1.40 bits per heavy atom. The van der Waals surface area contributed by atoms with Crippen molar-refractivity contribution < 1.29 is 4.79 Å². The molecule has 1 atom stereocenters. The zero-order valence-electron chi connectivity index (χ0n) is 8.27. The monoisotopic (exact) mass is 222 g/mol. The maximum Gasteiger partial charge on any atom is 0.145 e. The van der Waals surface area contributed by atoms with E-state index in [-0.39, 0.29) is 0 Å². The zero-order valence-corrected chi connectivity index (χ0v) is 9.03. The van der Waals surface area contributed by atoms with Gasteiger partial charge in [0.15, 0.2) is 0 Å². The van der Waals surface area contributed by atoms with Crippen LogP contribution >= 0.6 is 11.6 Å². The quantitative estimate of drug-likeness (QED) is 0.614. The Balaban J connectivity index is 2.29. The molecule has 0 radical (unpaired) electrons. The molecule has 0 aromatic heterocycles. The van der Waals surface area contributed by atoms with Gasteiger partial charge in [-0.25, -0.2) is 5.43 Å². The molecule has 1 aliphatic rings. The first-order chi connectivity index (χ1) is 7.14. The summed E-state index contributed by atoms with van der Waals surface area (Å²) in [4.78, 5) is 10.9. The van der Waals surface area contributed by atoms with Crippen molar-refractivity contribution in [2.24, 2.45) is 0 Å². The van der Waals surface area contributed by atoms with E-state index in [1.807, 2.05) is 30.3 Å². The Morgan fingerprint density at radius 2 is 2.07 bits per heavy atom. The van der Waals surface area contributed by atoms with Crippen LogP contribution in [0.5, 0.6) is 0 Å². The molecule has 1 aromatic carbocycles. The Bertz CT molecular complexity index is 404. The summed E-state index contributed by atoms with van der Waals surface area (Å²) in [6.07, 6.45) is 2.52. The van der Waals surface area contributed by atoms with Crippen molar-refractivity contribution in [2.45, 2.75) is 12.5 Å². The van der Waals surface area contributed by atoms with Crippen LogP contribution in [0.25, 0.3) is 0 Å². The number of halogens is 1. The molecule has 4 heteroatoms. The van der Waals surface area contributed by atoms with E-state index >= 15 is 0 Å². The number of rotatable bonds is 2.